The number of likely N-dealkylation sites (tertiary alicyclic amines) is 2. The molecule has 5 nitrogen and oxygen atoms in total. The lowest BCUT2D eigenvalue weighted by Crippen LogP contribution is -2.40. The fourth-order valence-corrected chi connectivity index (χ4v) is 4.61. The molecule has 1 N–H and O–H groups in total. The number of amides is 1. The van der Waals surface area contributed by atoms with E-state index >= 15 is 0 Å². The van der Waals surface area contributed by atoms with Gasteiger partial charge in [0.05, 0.1) is 0 Å². The van der Waals surface area contributed by atoms with E-state index in [1.54, 1.807) is 0 Å². The molecule has 2 heterocycles. The van der Waals surface area contributed by atoms with Crippen LogP contribution in [-0.4, -0.2) is 48.3 Å². The molecule has 5 heteroatoms. The van der Waals surface area contributed by atoms with Gasteiger partial charge in [-0.25, -0.2) is 0 Å². The first-order valence-corrected chi connectivity index (χ1v) is 11.1. The summed E-state index contributed by atoms with van der Waals surface area (Å²) in [5, 5.41) is 3.56. The minimum atomic E-state index is 0.273. The number of hydrogen-bond donors (Lipinski definition) is 1. The molecule has 1 atom stereocenters. The van der Waals surface area contributed by atoms with Gasteiger partial charge in [0, 0.05) is 46.2 Å². The highest BCUT2D eigenvalue weighted by molar-refractivity contribution is 5.80. The molecule has 0 bridgehead atoms. The smallest absolute Gasteiger partial charge is 0.222 e. The molecule has 0 aliphatic carbocycles. The van der Waals surface area contributed by atoms with Crippen LogP contribution in [0.15, 0.2) is 59.6 Å². The highest BCUT2D eigenvalue weighted by Crippen LogP contribution is 2.21. The van der Waals surface area contributed by atoms with Crippen LogP contribution < -0.4 is 5.32 Å². The average Bonchev–Trinajstić information content (AvgIpc) is 3.40. The van der Waals surface area contributed by atoms with E-state index < -0.39 is 0 Å². The van der Waals surface area contributed by atoms with Gasteiger partial charge in [0.2, 0.25) is 5.91 Å². The van der Waals surface area contributed by atoms with Crippen LogP contribution >= 0.6 is 0 Å². The van der Waals surface area contributed by atoms with Crippen LogP contribution in [0.5, 0.6) is 0 Å². The van der Waals surface area contributed by atoms with Crippen LogP contribution in [0.4, 0.5) is 0 Å². The third-order valence-electron chi connectivity index (χ3n) is 6.25. The van der Waals surface area contributed by atoms with E-state index in [-0.39, 0.29) is 5.91 Å². The number of guanidine groups is 1. The van der Waals surface area contributed by atoms with Crippen LogP contribution in [-0.2, 0) is 24.3 Å². The summed E-state index contributed by atoms with van der Waals surface area (Å²) in [5.41, 5.74) is 3.87. The van der Waals surface area contributed by atoms with Crippen molar-refractivity contribution in [2.24, 2.45) is 10.9 Å². The quantitative estimate of drug-likeness (QED) is 0.593. The Kier molecular flexibility index (Phi) is 6.67. The summed E-state index contributed by atoms with van der Waals surface area (Å²) in [6.07, 6.45) is 3.99. The minimum absolute atomic E-state index is 0.273. The van der Waals surface area contributed by atoms with E-state index in [1.165, 1.54) is 23.1 Å². The van der Waals surface area contributed by atoms with Gasteiger partial charge < -0.3 is 15.1 Å². The van der Waals surface area contributed by atoms with E-state index in [9.17, 15) is 4.79 Å². The molecule has 30 heavy (non-hydrogen) atoms. The molecular formula is C25H32N4O. The van der Waals surface area contributed by atoms with Gasteiger partial charge in [0.15, 0.2) is 5.96 Å². The van der Waals surface area contributed by atoms with E-state index in [2.05, 4.69) is 69.8 Å². The van der Waals surface area contributed by atoms with Gasteiger partial charge in [0.25, 0.3) is 0 Å². The van der Waals surface area contributed by atoms with E-state index in [0.29, 0.717) is 18.9 Å². The van der Waals surface area contributed by atoms with Gasteiger partial charge in [-0.2, -0.15) is 0 Å². The number of carbonyl (C=O) groups excluding carboxylic acids is 1. The molecule has 2 saturated heterocycles. The summed E-state index contributed by atoms with van der Waals surface area (Å²) in [5.74, 6) is 1.91. The highest BCUT2D eigenvalue weighted by atomic mass is 16.2. The second-order valence-electron chi connectivity index (χ2n) is 8.38. The first-order chi connectivity index (χ1) is 14.7. The molecule has 0 radical (unpaired) electrons. The molecule has 2 aromatic carbocycles. The molecule has 2 aromatic rings. The third kappa shape index (κ3) is 5.02. The number of benzene rings is 2. The molecule has 2 aliphatic rings. The molecule has 1 amide bonds. The maximum Gasteiger partial charge on any atom is 0.222 e. The Morgan fingerprint density at radius 1 is 1.07 bits per heavy atom. The topological polar surface area (TPSA) is 47.9 Å². The van der Waals surface area contributed by atoms with Crippen LogP contribution in [0.2, 0.25) is 0 Å². The molecule has 0 aromatic heterocycles. The van der Waals surface area contributed by atoms with Crippen molar-refractivity contribution < 1.29 is 4.79 Å². The highest BCUT2D eigenvalue weighted by Gasteiger charge is 2.25. The molecule has 4 rings (SSSR count). The van der Waals surface area contributed by atoms with Gasteiger partial charge in [-0.1, -0.05) is 54.6 Å². The largest absolute Gasteiger partial charge is 0.352 e. The van der Waals surface area contributed by atoms with Crippen LogP contribution in [0.25, 0.3) is 0 Å². The Hall–Kier alpha value is -2.82. The van der Waals surface area contributed by atoms with Gasteiger partial charge in [-0.15, -0.1) is 0 Å². The molecule has 0 spiro atoms. The van der Waals surface area contributed by atoms with Crippen molar-refractivity contribution in [1.29, 1.82) is 0 Å². The molecule has 2 aliphatic heterocycles. The fourth-order valence-electron chi connectivity index (χ4n) is 4.61. The predicted molar refractivity (Wildman–Crippen MR) is 121 cm³/mol. The van der Waals surface area contributed by atoms with E-state index in [0.717, 1.165) is 45.0 Å². The van der Waals surface area contributed by atoms with Crippen molar-refractivity contribution in [1.82, 2.24) is 15.1 Å². The van der Waals surface area contributed by atoms with Crippen LogP contribution in [0.3, 0.4) is 0 Å². The number of rotatable bonds is 6. The Balaban J connectivity index is 1.33. The molecule has 2 fully saturated rings. The van der Waals surface area contributed by atoms with Crippen molar-refractivity contribution >= 4 is 11.9 Å². The zero-order valence-corrected chi connectivity index (χ0v) is 17.9. The number of nitrogens with zero attached hydrogens (tertiary/aromatic N) is 3. The molecule has 158 valence electrons. The summed E-state index contributed by atoms with van der Waals surface area (Å²) >= 11 is 0. The van der Waals surface area contributed by atoms with Gasteiger partial charge >= 0.3 is 0 Å². The van der Waals surface area contributed by atoms with Crippen molar-refractivity contribution in [2.75, 3.05) is 26.7 Å². The maximum atomic E-state index is 12.0. The fraction of sp³-hybridized carbons (Fsp3) is 0.440. The Morgan fingerprint density at radius 3 is 2.57 bits per heavy atom. The van der Waals surface area contributed by atoms with Crippen molar-refractivity contribution in [2.45, 2.75) is 38.8 Å². The summed E-state index contributed by atoms with van der Waals surface area (Å²) in [6.45, 7) is 4.39. The lowest BCUT2D eigenvalue weighted by Gasteiger charge is -2.23. The second-order valence-corrected chi connectivity index (χ2v) is 8.38. The normalized spacial score (nSPS) is 19.6. The standard InChI is InChI=1S/C25H32N4O/c1-26-25(29-15-13-21(18-29)16-20-8-3-2-4-9-20)27-17-22-10-5-6-11-23(22)19-28-14-7-12-24(28)30/h2-6,8-11,21H,7,12-19H2,1H3,(H,26,27). The van der Waals surface area contributed by atoms with Crippen LogP contribution in [0.1, 0.15) is 36.0 Å². The zero-order valence-electron chi connectivity index (χ0n) is 17.9. The average molecular weight is 405 g/mol. The van der Waals surface area contributed by atoms with Crippen molar-refractivity contribution in [3.8, 4) is 0 Å². The second kappa shape index (κ2) is 9.79. The molecule has 0 saturated carbocycles. The summed E-state index contributed by atoms with van der Waals surface area (Å²) < 4.78 is 0. The molecular weight excluding hydrogens is 372 g/mol. The Bertz CT molecular complexity index is 880. The summed E-state index contributed by atoms with van der Waals surface area (Å²) in [7, 11) is 1.86. The van der Waals surface area contributed by atoms with Gasteiger partial charge in [-0.05, 0) is 41.9 Å². The van der Waals surface area contributed by atoms with Crippen molar-refractivity contribution in [3.63, 3.8) is 0 Å². The SMILES string of the molecule is CN=C(NCc1ccccc1CN1CCCC1=O)N1CCC(Cc2ccccc2)C1. The van der Waals surface area contributed by atoms with E-state index in [4.69, 9.17) is 0 Å². The zero-order chi connectivity index (χ0) is 20.8. The number of nitrogens with one attached hydrogen (secondary N) is 1. The number of hydrogen-bond acceptors (Lipinski definition) is 2. The number of aliphatic imine (C=N–C) groups is 1. The maximum absolute atomic E-state index is 12.0. The lowest BCUT2D eigenvalue weighted by molar-refractivity contribution is -0.128. The summed E-state index contributed by atoms with van der Waals surface area (Å²) in [6, 6.07) is 19.2. The predicted octanol–water partition coefficient (Wildman–Crippen LogP) is 3.45. The third-order valence-corrected chi connectivity index (χ3v) is 6.25. The molecule has 1 unspecified atom stereocenters. The van der Waals surface area contributed by atoms with Crippen LogP contribution in [0, 0.1) is 5.92 Å². The Morgan fingerprint density at radius 2 is 1.83 bits per heavy atom. The summed E-state index contributed by atoms with van der Waals surface area (Å²) in [4.78, 5) is 20.9. The van der Waals surface area contributed by atoms with Gasteiger partial charge in [0.1, 0.15) is 0 Å². The first-order valence-electron chi connectivity index (χ1n) is 11.1. The Labute approximate surface area is 179 Å². The van der Waals surface area contributed by atoms with E-state index in [1.807, 2.05) is 11.9 Å². The number of carbonyl (C=O) groups is 1. The first kappa shape index (κ1) is 20.5. The minimum Gasteiger partial charge on any atom is -0.352 e. The van der Waals surface area contributed by atoms with Crippen molar-refractivity contribution in [3.05, 3.63) is 71.3 Å². The monoisotopic (exact) mass is 404 g/mol. The van der Waals surface area contributed by atoms with Gasteiger partial charge in [-0.3, -0.25) is 9.79 Å². The lowest BCUT2D eigenvalue weighted by atomic mass is 9.99.